The Morgan fingerprint density at radius 2 is 1.89 bits per heavy atom. The molecule has 0 saturated carbocycles. The topological polar surface area (TPSA) is 75.2 Å². The van der Waals surface area contributed by atoms with Crippen molar-refractivity contribution in [3.63, 3.8) is 0 Å². The zero-order valence-electron chi connectivity index (χ0n) is 15.3. The second kappa shape index (κ2) is 9.54. The maximum atomic E-state index is 12.7. The molecule has 1 N–H and O–H groups in total. The molecule has 0 fully saturated rings. The number of nitrogens with zero attached hydrogens (tertiary/aromatic N) is 3. The predicted octanol–water partition coefficient (Wildman–Crippen LogP) is 3.71. The zero-order valence-corrected chi connectivity index (χ0v) is 16.1. The Morgan fingerprint density at radius 3 is 2.54 bits per heavy atom. The fourth-order valence-corrected chi connectivity index (χ4v) is 2.95. The smallest absolute Gasteiger partial charge is 0.339 e. The molecule has 2 amide bonds. The number of thioether (sulfide) groups is 1. The molecular formula is C18H19F3N4O2S. The molecule has 0 atom stereocenters. The molecule has 0 saturated heterocycles. The van der Waals surface area contributed by atoms with Crippen molar-refractivity contribution < 1.29 is 22.8 Å². The molecule has 1 aromatic heterocycles. The van der Waals surface area contributed by atoms with Gasteiger partial charge in [-0.25, -0.2) is 9.97 Å². The summed E-state index contributed by atoms with van der Waals surface area (Å²) in [7, 11) is 0. The monoisotopic (exact) mass is 412 g/mol. The van der Waals surface area contributed by atoms with Gasteiger partial charge in [-0.3, -0.25) is 9.59 Å². The van der Waals surface area contributed by atoms with E-state index in [1.54, 1.807) is 29.2 Å². The number of aromatic nitrogens is 2. The molecule has 1 heterocycles. The highest BCUT2D eigenvalue weighted by atomic mass is 32.2. The fourth-order valence-electron chi connectivity index (χ4n) is 2.32. The molecule has 0 unspecified atom stereocenters. The van der Waals surface area contributed by atoms with E-state index in [-0.39, 0.29) is 16.8 Å². The highest BCUT2D eigenvalue weighted by molar-refractivity contribution is 7.99. The highest BCUT2D eigenvalue weighted by Crippen LogP contribution is 2.28. The first-order valence-electron chi connectivity index (χ1n) is 8.46. The number of hydrogen-bond donors (Lipinski definition) is 1. The van der Waals surface area contributed by atoms with Crippen LogP contribution < -0.4 is 5.32 Å². The maximum Gasteiger partial charge on any atom is 0.433 e. The molecule has 0 bridgehead atoms. The van der Waals surface area contributed by atoms with E-state index in [1.807, 2.05) is 13.8 Å². The Morgan fingerprint density at radius 1 is 1.18 bits per heavy atom. The molecule has 0 aliphatic rings. The Bertz CT molecular complexity index is 842. The van der Waals surface area contributed by atoms with E-state index in [2.05, 4.69) is 15.3 Å². The molecule has 1 aromatic carbocycles. The van der Waals surface area contributed by atoms with Crippen LogP contribution in [0.3, 0.4) is 0 Å². The van der Waals surface area contributed by atoms with E-state index in [0.717, 1.165) is 24.0 Å². The maximum absolute atomic E-state index is 12.7. The Labute approximate surface area is 164 Å². The van der Waals surface area contributed by atoms with Crippen LogP contribution in [0.25, 0.3) is 0 Å². The van der Waals surface area contributed by atoms with Crippen LogP contribution in [-0.2, 0) is 11.0 Å². The van der Waals surface area contributed by atoms with Gasteiger partial charge in [0.1, 0.15) is 5.69 Å². The van der Waals surface area contributed by atoms with Crippen molar-refractivity contribution in [2.24, 2.45) is 0 Å². The first-order valence-corrected chi connectivity index (χ1v) is 9.45. The summed E-state index contributed by atoms with van der Waals surface area (Å²) in [6, 6.07) is 7.26. The number of nitrogens with one attached hydrogen (secondary N) is 1. The second-order valence-corrected chi connectivity index (χ2v) is 6.56. The van der Waals surface area contributed by atoms with Crippen LogP contribution in [0, 0.1) is 0 Å². The summed E-state index contributed by atoms with van der Waals surface area (Å²) in [6.45, 7) is 4.89. The van der Waals surface area contributed by atoms with E-state index < -0.39 is 17.8 Å². The SMILES string of the molecule is CCN(CC)C(=O)c1cccc(NC(=O)CSc2nccc(C(F)(F)F)n2)c1. The number of carbonyl (C=O) groups is 2. The molecule has 10 heteroatoms. The van der Waals surface area contributed by atoms with E-state index in [0.29, 0.717) is 24.3 Å². The molecule has 6 nitrogen and oxygen atoms in total. The summed E-state index contributed by atoms with van der Waals surface area (Å²) in [5.41, 5.74) is -0.197. The lowest BCUT2D eigenvalue weighted by atomic mass is 10.1. The lowest BCUT2D eigenvalue weighted by molar-refractivity contribution is -0.141. The predicted molar refractivity (Wildman–Crippen MR) is 100 cm³/mol. The fraction of sp³-hybridized carbons (Fsp3) is 0.333. The van der Waals surface area contributed by atoms with Crippen molar-refractivity contribution in [3.05, 3.63) is 47.8 Å². The number of anilines is 1. The number of rotatable bonds is 7. The van der Waals surface area contributed by atoms with Crippen molar-refractivity contribution in [1.29, 1.82) is 0 Å². The lowest BCUT2D eigenvalue weighted by Gasteiger charge is -2.19. The standard InChI is InChI=1S/C18H19F3N4O2S/c1-3-25(4-2)16(27)12-6-5-7-13(10-12)23-15(26)11-28-17-22-9-8-14(24-17)18(19,20)21/h5-10H,3-4,11H2,1-2H3,(H,23,26). The summed E-state index contributed by atoms with van der Waals surface area (Å²) in [6.07, 6.45) is -3.57. The minimum atomic E-state index is -4.57. The molecule has 0 aliphatic heterocycles. The molecule has 2 aromatic rings. The molecule has 0 spiro atoms. The number of benzene rings is 1. The van der Waals surface area contributed by atoms with Crippen molar-refractivity contribution in [1.82, 2.24) is 14.9 Å². The van der Waals surface area contributed by atoms with Crippen LogP contribution in [0.4, 0.5) is 18.9 Å². The number of amides is 2. The van der Waals surface area contributed by atoms with Crippen LogP contribution in [0.1, 0.15) is 29.9 Å². The van der Waals surface area contributed by atoms with Crippen LogP contribution in [-0.4, -0.2) is 45.5 Å². The van der Waals surface area contributed by atoms with Gasteiger partial charge in [0.05, 0.1) is 5.75 Å². The quantitative estimate of drug-likeness (QED) is 0.554. The second-order valence-electron chi connectivity index (χ2n) is 5.62. The first-order chi connectivity index (χ1) is 13.2. The van der Waals surface area contributed by atoms with Gasteiger partial charge in [-0.15, -0.1) is 0 Å². The van der Waals surface area contributed by atoms with Gasteiger partial charge in [-0.1, -0.05) is 17.8 Å². The third-order valence-corrected chi connectivity index (χ3v) is 4.56. The number of alkyl halides is 3. The van der Waals surface area contributed by atoms with E-state index in [4.69, 9.17) is 0 Å². The largest absolute Gasteiger partial charge is 0.433 e. The van der Waals surface area contributed by atoms with Crippen LogP contribution in [0.2, 0.25) is 0 Å². The molecule has 2 rings (SSSR count). The average molecular weight is 412 g/mol. The van der Waals surface area contributed by atoms with E-state index in [9.17, 15) is 22.8 Å². The molecule has 28 heavy (non-hydrogen) atoms. The van der Waals surface area contributed by atoms with Gasteiger partial charge in [-0.2, -0.15) is 13.2 Å². The minimum absolute atomic E-state index is 0.143. The number of hydrogen-bond acceptors (Lipinski definition) is 5. The number of carbonyl (C=O) groups excluding carboxylic acids is 2. The highest BCUT2D eigenvalue weighted by Gasteiger charge is 2.32. The third-order valence-electron chi connectivity index (χ3n) is 3.70. The van der Waals surface area contributed by atoms with E-state index in [1.165, 1.54) is 0 Å². The Balaban J connectivity index is 1.99. The van der Waals surface area contributed by atoms with Crippen molar-refractivity contribution in [3.8, 4) is 0 Å². The van der Waals surface area contributed by atoms with Gasteiger partial charge in [0.15, 0.2) is 5.16 Å². The van der Waals surface area contributed by atoms with Gasteiger partial charge < -0.3 is 10.2 Å². The normalized spacial score (nSPS) is 11.2. The van der Waals surface area contributed by atoms with E-state index >= 15 is 0 Å². The molecule has 150 valence electrons. The summed E-state index contributed by atoms with van der Waals surface area (Å²) in [4.78, 5) is 33.2. The van der Waals surface area contributed by atoms with Gasteiger partial charge in [0.25, 0.3) is 5.91 Å². The summed E-state index contributed by atoms with van der Waals surface area (Å²) in [5, 5.41) is 2.48. The molecular weight excluding hydrogens is 393 g/mol. The van der Waals surface area contributed by atoms with Crippen LogP contribution in [0.15, 0.2) is 41.7 Å². The van der Waals surface area contributed by atoms with Gasteiger partial charge in [-0.05, 0) is 38.1 Å². The third kappa shape index (κ3) is 5.95. The zero-order chi connectivity index (χ0) is 20.7. The van der Waals surface area contributed by atoms with Gasteiger partial charge >= 0.3 is 6.18 Å². The molecule has 0 aliphatic carbocycles. The van der Waals surface area contributed by atoms with Gasteiger partial charge in [0.2, 0.25) is 5.91 Å². The Hall–Kier alpha value is -2.62. The van der Waals surface area contributed by atoms with Crippen LogP contribution in [0.5, 0.6) is 0 Å². The Kier molecular flexibility index (Phi) is 7.38. The van der Waals surface area contributed by atoms with Gasteiger partial charge in [0, 0.05) is 30.5 Å². The van der Waals surface area contributed by atoms with Crippen molar-refractivity contribution in [2.45, 2.75) is 25.2 Å². The number of halogens is 3. The minimum Gasteiger partial charge on any atom is -0.339 e. The lowest BCUT2D eigenvalue weighted by Crippen LogP contribution is -2.30. The van der Waals surface area contributed by atoms with Crippen LogP contribution >= 0.6 is 11.8 Å². The average Bonchev–Trinajstić information content (AvgIpc) is 2.67. The first kappa shape index (κ1) is 21.7. The summed E-state index contributed by atoms with van der Waals surface area (Å²) < 4.78 is 38.0. The van der Waals surface area contributed by atoms with Crippen molar-refractivity contribution in [2.75, 3.05) is 24.2 Å². The van der Waals surface area contributed by atoms with Crippen molar-refractivity contribution >= 4 is 29.3 Å². The molecule has 0 radical (unpaired) electrons. The summed E-state index contributed by atoms with van der Waals surface area (Å²) in [5.74, 6) is -0.763. The summed E-state index contributed by atoms with van der Waals surface area (Å²) >= 11 is 0.791.